The van der Waals surface area contributed by atoms with E-state index >= 15 is 0 Å². The molecule has 1 heterocycles. The van der Waals surface area contributed by atoms with Crippen molar-refractivity contribution in [3.05, 3.63) is 95.3 Å². The number of thiocarbonyl (C=S) groups is 1. The maximum absolute atomic E-state index is 13.3. The molecular formula is C33H38FN9OS. The van der Waals surface area contributed by atoms with Gasteiger partial charge in [-0.15, -0.1) is 0 Å². The van der Waals surface area contributed by atoms with E-state index in [1.807, 2.05) is 55.5 Å². The van der Waals surface area contributed by atoms with Crippen LogP contribution in [0.5, 0.6) is 0 Å². The van der Waals surface area contributed by atoms with Gasteiger partial charge in [0, 0.05) is 24.5 Å². The molecule has 0 aliphatic heterocycles. The van der Waals surface area contributed by atoms with E-state index < -0.39 is 0 Å². The van der Waals surface area contributed by atoms with Gasteiger partial charge in [-0.25, -0.2) is 4.39 Å². The quantitative estimate of drug-likeness (QED) is 0.0842. The number of benzene rings is 3. The summed E-state index contributed by atoms with van der Waals surface area (Å²) in [5.74, 6) is 1.35. The molecule has 10 nitrogen and oxygen atoms in total. The molecule has 0 spiro atoms. The highest BCUT2D eigenvalue weighted by Crippen LogP contribution is 2.24. The minimum Gasteiger partial charge on any atom is -0.354 e. The first kappa shape index (κ1) is 31.6. The van der Waals surface area contributed by atoms with E-state index in [2.05, 4.69) is 47.1 Å². The largest absolute Gasteiger partial charge is 0.354 e. The average molecular weight is 628 g/mol. The van der Waals surface area contributed by atoms with Crippen LogP contribution in [-0.4, -0.2) is 32.5 Å². The molecule has 1 fully saturated rings. The van der Waals surface area contributed by atoms with Gasteiger partial charge in [0.1, 0.15) is 5.82 Å². The molecule has 0 unspecified atom stereocenters. The van der Waals surface area contributed by atoms with Gasteiger partial charge in [0.15, 0.2) is 5.11 Å². The lowest BCUT2D eigenvalue weighted by Crippen LogP contribution is -2.44. The van der Waals surface area contributed by atoms with Crippen LogP contribution in [0, 0.1) is 18.7 Å². The molecule has 0 atom stereocenters. The first-order valence-corrected chi connectivity index (χ1v) is 15.6. The number of anilines is 5. The molecular weight excluding hydrogens is 589 g/mol. The Kier molecular flexibility index (Phi) is 11.1. The summed E-state index contributed by atoms with van der Waals surface area (Å²) in [6.07, 6.45) is 6.39. The Bertz CT molecular complexity index is 1580. The summed E-state index contributed by atoms with van der Waals surface area (Å²) in [5, 5.41) is 13.2. The van der Waals surface area contributed by atoms with Crippen LogP contribution < -0.4 is 32.1 Å². The third-order valence-electron chi connectivity index (χ3n) is 7.44. The van der Waals surface area contributed by atoms with Crippen molar-refractivity contribution in [2.45, 2.75) is 52.0 Å². The minimum absolute atomic E-state index is 0.165. The number of nitrogens with one attached hydrogen (secondary N) is 6. The van der Waals surface area contributed by atoms with E-state index in [9.17, 15) is 9.18 Å². The number of hydrazine groups is 1. The number of hydrogen-bond donors (Lipinski definition) is 6. The third-order valence-corrected chi connectivity index (χ3v) is 7.64. The zero-order chi connectivity index (χ0) is 31.4. The van der Waals surface area contributed by atoms with Gasteiger partial charge in [-0.05, 0) is 91.0 Å². The van der Waals surface area contributed by atoms with E-state index in [1.165, 1.54) is 44.2 Å². The summed E-state index contributed by atoms with van der Waals surface area (Å²) in [5.41, 5.74) is 9.79. The fourth-order valence-electron chi connectivity index (χ4n) is 5.08. The van der Waals surface area contributed by atoms with Crippen LogP contribution in [0.15, 0.2) is 72.8 Å². The lowest BCUT2D eigenvalue weighted by molar-refractivity contribution is -0.121. The van der Waals surface area contributed by atoms with Crippen molar-refractivity contribution < 1.29 is 9.18 Å². The molecule has 1 saturated carbocycles. The highest BCUT2D eigenvalue weighted by Gasteiger charge is 2.15. The molecule has 1 aliphatic rings. The van der Waals surface area contributed by atoms with Gasteiger partial charge in [-0.3, -0.25) is 15.6 Å². The van der Waals surface area contributed by atoms with E-state index in [4.69, 9.17) is 12.2 Å². The Balaban J connectivity index is 1.17. The number of aromatic nitrogens is 3. The first-order valence-electron chi connectivity index (χ1n) is 15.1. The predicted molar refractivity (Wildman–Crippen MR) is 181 cm³/mol. The minimum atomic E-state index is -0.279. The highest BCUT2D eigenvalue weighted by molar-refractivity contribution is 7.80. The molecule has 1 aliphatic carbocycles. The van der Waals surface area contributed by atoms with Gasteiger partial charge in [0.2, 0.25) is 23.8 Å². The van der Waals surface area contributed by atoms with Gasteiger partial charge in [-0.1, -0.05) is 55.7 Å². The van der Waals surface area contributed by atoms with Crippen molar-refractivity contribution in [1.29, 1.82) is 0 Å². The number of carbonyl (C=O) groups excluding carboxylic acids is 1. The smallest absolute Gasteiger partial charge is 0.242 e. The van der Waals surface area contributed by atoms with E-state index in [0.717, 1.165) is 34.6 Å². The summed E-state index contributed by atoms with van der Waals surface area (Å²) in [4.78, 5) is 26.2. The van der Waals surface area contributed by atoms with Crippen LogP contribution >= 0.6 is 12.2 Å². The molecule has 12 heteroatoms. The summed E-state index contributed by atoms with van der Waals surface area (Å²) < 4.78 is 13.3. The summed E-state index contributed by atoms with van der Waals surface area (Å²) >= 11 is 5.27. The molecule has 1 amide bonds. The summed E-state index contributed by atoms with van der Waals surface area (Å²) in [6, 6.07) is 21.5. The van der Waals surface area contributed by atoms with E-state index in [0.29, 0.717) is 35.4 Å². The number of aryl methyl sites for hydroxylation is 1. The Hall–Kier alpha value is -4.84. The molecule has 3 aromatic carbocycles. The van der Waals surface area contributed by atoms with Gasteiger partial charge in [0.25, 0.3) is 0 Å². The highest BCUT2D eigenvalue weighted by atomic mass is 32.1. The Labute approximate surface area is 268 Å². The third kappa shape index (κ3) is 10.4. The van der Waals surface area contributed by atoms with Crippen molar-refractivity contribution in [3.63, 3.8) is 0 Å². The van der Waals surface area contributed by atoms with Crippen LogP contribution in [0.2, 0.25) is 0 Å². The maximum atomic E-state index is 13.3. The zero-order valence-corrected chi connectivity index (χ0v) is 26.0. The number of amides is 1. The van der Waals surface area contributed by atoms with Crippen molar-refractivity contribution in [1.82, 2.24) is 25.8 Å². The number of rotatable bonds is 11. The monoisotopic (exact) mass is 627 g/mol. The van der Waals surface area contributed by atoms with Crippen molar-refractivity contribution >= 4 is 52.5 Å². The van der Waals surface area contributed by atoms with Gasteiger partial charge < -0.3 is 21.3 Å². The topological polar surface area (TPSA) is 128 Å². The normalized spacial score (nSPS) is 13.0. The fraction of sp³-hybridized carbons (Fsp3) is 0.303. The first-order chi connectivity index (χ1) is 21.9. The van der Waals surface area contributed by atoms with Crippen LogP contribution in [0.3, 0.4) is 0 Å². The van der Waals surface area contributed by atoms with Crippen LogP contribution in [0.1, 0.15) is 48.8 Å². The molecule has 45 heavy (non-hydrogen) atoms. The second kappa shape index (κ2) is 15.8. The summed E-state index contributed by atoms with van der Waals surface area (Å²) in [7, 11) is 0. The van der Waals surface area contributed by atoms with Crippen LogP contribution in [0.4, 0.5) is 33.6 Å². The standard InChI is InChI=1S/C33H38FN9OS/c1-22-6-5-9-28(18-22)38-33(45)43-42-29(44)19-23-12-16-27(17-13-23)37-32-40-30(35-20-24-7-3-2-4-8-24)39-31(41-32)36-21-25-10-14-26(34)15-11-25/h5-6,9-18,24H,2-4,7-8,19-21H2,1H3,(H,42,44)(H2,38,43,45)(H3,35,36,37,39,40,41). The van der Waals surface area contributed by atoms with Gasteiger partial charge >= 0.3 is 0 Å². The molecule has 0 bridgehead atoms. The molecule has 1 aromatic heterocycles. The number of halogens is 1. The van der Waals surface area contributed by atoms with Crippen molar-refractivity contribution in [2.75, 3.05) is 27.8 Å². The van der Waals surface area contributed by atoms with Crippen LogP contribution in [-0.2, 0) is 17.8 Å². The maximum Gasteiger partial charge on any atom is 0.242 e. The molecule has 4 aromatic rings. The Morgan fingerprint density at radius 3 is 2.24 bits per heavy atom. The van der Waals surface area contributed by atoms with E-state index in [-0.39, 0.29) is 18.1 Å². The SMILES string of the molecule is Cc1cccc(NC(=S)NNC(=O)Cc2ccc(Nc3nc(NCc4ccc(F)cc4)nc(NCC4CCCCC4)n3)cc2)c1. The van der Waals surface area contributed by atoms with Crippen LogP contribution in [0.25, 0.3) is 0 Å². The van der Waals surface area contributed by atoms with Gasteiger partial charge in [-0.2, -0.15) is 15.0 Å². The molecule has 0 saturated heterocycles. The van der Waals surface area contributed by atoms with Crippen molar-refractivity contribution in [3.8, 4) is 0 Å². The number of carbonyl (C=O) groups is 1. The second-order valence-electron chi connectivity index (χ2n) is 11.2. The lowest BCUT2D eigenvalue weighted by atomic mass is 9.89. The van der Waals surface area contributed by atoms with E-state index in [1.54, 1.807) is 12.1 Å². The fourth-order valence-corrected chi connectivity index (χ4v) is 5.25. The second-order valence-corrected chi connectivity index (χ2v) is 11.6. The number of hydrogen-bond acceptors (Lipinski definition) is 8. The molecule has 6 N–H and O–H groups in total. The van der Waals surface area contributed by atoms with Gasteiger partial charge in [0.05, 0.1) is 6.42 Å². The Morgan fingerprint density at radius 1 is 0.822 bits per heavy atom. The number of nitrogens with zero attached hydrogens (tertiary/aromatic N) is 3. The molecule has 234 valence electrons. The molecule has 0 radical (unpaired) electrons. The predicted octanol–water partition coefficient (Wildman–Crippen LogP) is 6.23. The average Bonchev–Trinajstić information content (AvgIpc) is 3.04. The Morgan fingerprint density at radius 2 is 1.51 bits per heavy atom. The van der Waals surface area contributed by atoms with Crippen molar-refractivity contribution in [2.24, 2.45) is 5.92 Å². The molecule has 5 rings (SSSR count). The lowest BCUT2D eigenvalue weighted by Gasteiger charge is -2.21. The zero-order valence-electron chi connectivity index (χ0n) is 25.2. The summed E-state index contributed by atoms with van der Waals surface area (Å²) in [6.45, 7) is 3.23.